The predicted octanol–water partition coefficient (Wildman–Crippen LogP) is 5.97. The molecule has 1 atom stereocenters. The van der Waals surface area contributed by atoms with Crippen LogP contribution in [0.4, 0.5) is 0 Å². The first-order valence-electron chi connectivity index (χ1n) is 11.0. The molecule has 0 aliphatic carbocycles. The van der Waals surface area contributed by atoms with Gasteiger partial charge in [-0.15, -0.1) is 11.3 Å². The number of carbonyl (C=O) groups excluding carboxylic acids is 1. The lowest BCUT2D eigenvalue weighted by molar-refractivity contribution is -0.127. The average molecular weight is 498 g/mol. The summed E-state index contributed by atoms with van der Waals surface area (Å²) in [7, 11) is 2.13. The van der Waals surface area contributed by atoms with Crippen molar-refractivity contribution in [1.29, 1.82) is 0 Å². The van der Waals surface area contributed by atoms with Crippen LogP contribution in [0, 0.1) is 0 Å². The van der Waals surface area contributed by atoms with Gasteiger partial charge in [0.25, 0.3) is 0 Å². The maximum absolute atomic E-state index is 13.7. The third kappa shape index (κ3) is 4.75. The Kier molecular flexibility index (Phi) is 6.59. The van der Waals surface area contributed by atoms with E-state index >= 15 is 0 Å². The van der Waals surface area contributed by atoms with Crippen LogP contribution in [-0.4, -0.2) is 48.9 Å². The number of benzene rings is 3. The summed E-state index contributed by atoms with van der Waals surface area (Å²) in [6.45, 7) is 3.95. The first-order valence-corrected chi connectivity index (χ1v) is 12.6. The number of fused-ring (bicyclic) bond motifs is 3. The zero-order valence-corrected chi connectivity index (χ0v) is 20.7. The van der Waals surface area contributed by atoms with Gasteiger partial charge in [0.1, 0.15) is 6.04 Å². The minimum Gasteiger partial charge on any atom is -0.350 e. The van der Waals surface area contributed by atoms with E-state index in [-0.39, 0.29) is 11.9 Å². The Morgan fingerprint density at radius 2 is 1.67 bits per heavy atom. The van der Waals surface area contributed by atoms with E-state index in [1.54, 1.807) is 17.4 Å². The minimum absolute atomic E-state index is 0.000562. The van der Waals surface area contributed by atoms with Gasteiger partial charge in [-0.05, 0) is 42.4 Å². The van der Waals surface area contributed by atoms with Crippen LogP contribution in [0.15, 0.2) is 60.7 Å². The molecule has 1 amide bonds. The van der Waals surface area contributed by atoms with Crippen LogP contribution in [0.5, 0.6) is 0 Å². The van der Waals surface area contributed by atoms with Gasteiger partial charge in [-0.2, -0.15) is 0 Å². The highest BCUT2D eigenvalue weighted by molar-refractivity contribution is 7.26. The molecule has 33 heavy (non-hydrogen) atoms. The minimum atomic E-state index is -0.356. The van der Waals surface area contributed by atoms with Crippen LogP contribution in [0.1, 0.15) is 17.2 Å². The van der Waals surface area contributed by atoms with Crippen molar-refractivity contribution < 1.29 is 4.79 Å². The molecule has 1 unspecified atom stereocenters. The summed E-state index contributed by atoms with van der Waals surface area (Å²) in [6, 6.07) is 19.8. The fourth-order valence-electron chi connectivity index (χ4n) is 4.57. The van der Waals surface area contributed by atoms with E-state index in [0.717, 1.165) is 37.3 Å². The number of amides is 1. The lowest BCUT2D eigenvalue weighted by Crippen LogP contribution is -2.49. The third-order valence-electron chi connectivity index (χ3n) is 6.27. The lowest BCUT2D eigenvalue weighted by atomic mass is 10.0. The number of halogens is 2. The molecule has 0 bridgehead atoms. The molecule has 1 N–H and O–H groups in total. The standard InChI is InChI=1S/C26H25Cl2N3OS/c1-30-9-11-31(12-10-30)24(26(32)29-16-17-13-18(27)15-19(28)14-17)22-7-4-6-21-20-5-2-3-8-23(20)33-25(21)22/h2-8,13-15,24H,9-12,16H2,1H3,(H,29,32). The first kappa shape index (κ1) is 22.6. The number of nitrogens with zero attached hydrogens (tertiary/aromatic N) is 2. The Morgan fingerprint density at radius 1 is 0.970 bits per heavy atom. The van der Waals surface area contributed by atoms with Gasteiger partial charge < -0.3 is 10.2 Å². The van der Waals surface area contributed by atoms with Crippen LogP contribution in [0.25, 0.3) is 20.2 Å². The van der Waals surface area contributed by atoms with Crippen molar-refractivity contribution in [1.82, 2.24) is 15.1 Å². The van der Waals surface area contributed by atoms with Gasteiger partial charge in [0.05, 0.1) is 0 Å². The lowest BCUT2D eigenvalue weighted by Gasteiger charge is -2.37. The molecular weight excluding hydrogens is 473 g/mol. The van der Waals surface area contributed by atoms with Gasteiger partial charge in [-0.1, -0.05) is 59.6 Å². The first-order chi connectivity index (χ1) is 16.0. The van der Waals surface area contributed by atoms with E-state index in [1.807, 2.05) is 12.1 Å². The quantitative estimate of drug-likeness (QED) is 0.369. The number of likely N-dealkylation sites (N-methyl/N-ethyl adjacent to an activating group) is 1. The van der Waals surface area contributed by atoms with Crippen molar-refractivity contribution >= 4 is 60.6 Å². The van der Waals surface area contributed by atoms with Crippen LogP contribution < -0.4 is 5.32 Å². The molecule has 1 fully saturated rings. The van der Waals surface area contributed by atoms with Gasteiger partial charge in [-0.25, -0.2) is 0 Å². The second-order valence-electron chi connectivity index (χ2n) is 8.56. The summed E-state index contributed by atoms with van der Waals surface area (Å²) < 4.78 is 2.43. The Balaban J connectivity index is 1.51. The highest BCUT2D eigenvalue weighted by Gasteiger charge is 2.31. The van der Waals surface area contributed by atoms with E-state index in [9.17, 15) is 4.79 Å². The van der Waals surface area contributed by atoms with Crippen LogP contribution in [0.3, 0.4) is 0 Å². The largest absolute Gasteiger partial charge is 0.350 e. The van der Waals surface area contributed by atoms with E-state index in [2.05, 4.69) is 64.6 Å². The monoisotopic (exact) mass is 497 g/mol. The summed E-state index contributed by atoms with van der Waals surface area (Å²) in [4.78, 5) is 18.3. The molecule has 0 radical (unpaired) electrons. The fraction of sp³-hybridized carbons (Fsp3) is 0.269. The third-order valence-corrected chi connectivity index (χ3v) is 7.94. The van der Waals surface area contributed by atoms with Gasteiger partial charge in [0.2, 0.25) is 5.91 Å². The van der Waals surface area contributed by atoms with Gasteiger partial charge >= 0.3 is 0 Å². The predicted molar refractivity (Wildman–Crippen MR) is 139 cm³/mol. The molecule has 1 aromatic heterocycles. The van der Waals surface area contributed by atoms with E-state index < -0.39 is 0 Å². The van der Waals surface area contributed by atoms with Crippen molar-refractivity contribution in [2.45, 2.75) is 12.6 Å². The maximum atomic E-state index is 13.7. The molecule has 4 nitrogen and oxygen atoms in total. The summed E-state index contributed by atoms with van der Waals surface area (Å²) in [5, 5.41) is 6.74. The van der Waals surface area contributed by atoms with Crippen LogP contribution in [0.2, 0.25) is 10.0 Å². The van der Waals surface area contributed by atoms with Crippen LogP contribution >= 0.6 is 34.5 Å². The van der Waals surface area contributed by atoms with Gasteiger partial charge in [0, 0.05) is 62.9 Å². The van der Waals surface area contributed by atoms with E-state index in [0.29, 0.717) is 16.6 Å². The van der Waals surface area contributed by atoms with Crippen molar-refractivity contribution in [3.63, 3.8) is 0 Å². The number of nitrogens with one attached hydrogen (secondary N) is 1. The number of carbonyl (C=O) groups is 1. The highest BCUT2D eigenvalue weighted by Crippen LogP contribution is 2.39. The Labute approximate surface area is 207 Å². The summed E-state index contributed by atoms with van der Waals surface area (Å²) in [6.07, 6.45) is 0. The summed E-state index contributed by atoms with van der Waals surface area (Å²) in [5.74, 6) is 0.000562. The smallest absolute Gasteiger partial charge is 0.242 e. The molecule has 3 aromatic carbocycles. The second kappa shape index (κ2) is 9.61. The topological polar surface area (TPSA) is 35.6 Å². The molecule has 7 heteroatoms. The maximum Gasteiger partial charge on any atom is 0.242 e. The van der Waals surface area contributed by atoms with Gasteiger partial charge in [-0.3, -0.25) is 9.69 Å². The molecule has 1 saturated heterocycles. The Bertz CT molecular complexity index is 1290. The number of rotatable bonds is 5. The van der Waals surface area contributed by atoms with Crippen molar-refractivity contribution in [2.24, 2.45) is 0 Å². The SMILES string of the molecule is CN1CCN(C(C(=O)NCc2cc(Cl)cc(Cl)c2)c2cccc3c2sc2ccccc23)CC1. The molecule has 4 aromatic rings. The number of hydrogen-bond acceptors (Lipinski definition) is 4. The molecule has 0 saturated carbocycles. The Morgan fingerprint density at radius 3 is 2.42 bits per heavy atom. The number of thiophene rings is 1. The molecule has 170 valence electrons. The van der Waals surface area contributed by atoms with Crippen molar-refractivity contribution in [2.75, 3.05) is 33.2 Å². The van der Waals surface area contributed by atoms with Crippen molar-refractivity contribution in [3.05, 3.63) is 81.8 Å². The molecule has 1 aliphatic rings. The average Bonchev–Trinajstić information content (AvgIpc) is 3.18. The molecule has 0 spiro atoms. The van der Waals surface area contributed by atoms with E-state index in [1.165, 1.54) is 20.2 Å². The summed E-state index contributed by atoms with van der Waals surface area (Å²) >= 11 is 14.1. The molecular formula is C26H25Cl2N3OS. The molecule has 5 rings (SSSR count). The number of piperazine rings is 1. The highest BCUT2D eigenvalue weighted by atomic mass is 35.5. The second-order valence-corrected chi connectivity index (χ2v) is 10.5. The van der Waals surface area contributed by atoms with Crippen molar-refractivity contribution in [3.8, 4) is 0 Å². The molecule has 1 aliphatic heterocycles. The summed E-state index contributed by atoms with van der Waals surface area (Å²) in [5.41, 5.74) is 1.96. The molecule has 2 heterocycles. The van der Waals surface area contributed by atoms with Gasteiger partial charge in [0.15, 0.2) is 0 Å². The number of hydrogen-bond donors (Lipinski definition) is 1. The fourth-order valence-corrected chi connectivity index (χ4v) is 6.38. The van der Waals surface area contributed by atoms with Crippen LogP contribution in [-0.2, 0) is 11.3 Å². The zero-order chi connectivity index (χ0) is 22.9. The Hall–Kier alpha value is -2.15. The zero-order valence-electron chi connectivity index (χ0n) is 18.4. The normalized spacial score (nSPS) is 16.3. The van der Waals surface area contributed by atoms with E-state index in [4.69, 9.17) is 23.2 Å².